The third-order valence-electron chi connectivity index (χ3n) is 4.87. The number of carbonyl (C=O) groups is 2. The van der Waals surface area contributed by atoms with Crippen LogP contribution in [0, 0.1) is 11.7 Å². The molecule has 1 N–H and O–H groups in total. The van der Waals surface area contributed by atoms with Crippen LogP contribution in [0.3, 0.4) is 0 Å². The quantitative estimate of drug-likeness (QED) is 0.788. The highest BCUT2D eigenvalue weighted by Gasteiger charge is 2.27. The highest BCUT2D eigenvalue weighted by Crippen LogP contribution is 2.11. The molecule has 2 aromatic rings. The lowest BCUT2D eigenvalue weighted by atomic mass is 10.1. The number of aryl methyl sites for hydroxylation is 1. The van der Waals surface area contributed by atoms with E-state index in [9.17, 15) is 18.8 Å². The third kappa shape index (κ3) is 5.74. The molecule has 1 aliphatic heterocycles. The molecule has 0 radical (unpaired) electrons. The summed E-state index contributed by atoms with van der Waals surface area (Å²) < 4.78 is 20.7. The number of carbonyl (C=O) groups excluding carboxylic acids is 2. The molecule has 3 rings (SSSR count). The van der Waals surface area contributed by atoms with E-state index >= 15 is 0 Å². The molecule has 0 bridgehead atoms. The first-order valence-corrected chi connectivity index (χ1v) is 9.56. The molecule has 0 aliphatic carbocycles. The van der Waals surface area contributed by atoms with Crippen LogP contribution in [0.15, 0.2) is 53.5 Å². The minimum Gasteiger partial charge on any atom is -0.379 e. The zero-order valence-corrected chi connectivity index (χ0v) is 16.1. The van der Waals surface area contributed by atoms with Gasteiger partial charge < -0.3 is 19.5 Å². The summed E-state index contributed by atoms with van der Waals surface area (Å²) in [7, 11) is 0. The lowest BCUT2D eigenvalue weighted by molar-refractivity contribution is -0.133. The van der Waals surface area contributed by atoms with Crippen molar-refractivity contribution in [1.82, 2.24) is 14.8 Å². The Morgan fingerprint density at radius 1 is 1.17 bits per heavy atom. The third-order valence-corrected chi connectivity index (χ3v) is 4.87. The van der Waals surface area contributed by atoms with Gasteiger partial charge in [-0.3, -0.25) is 14.4 Å². The molecular weight excluding hydrogens is 377 g/mol. The van der Waals surface area contributed by atoms with E-state index in [1.54, 1.807) is 41.4 Å². The molecule has 7 nitrogen and oxygen atoms in total. The lowest BCUT2D eigenvalue weighted by Gasteiger charge is -2.23. The minimum absolute atomic E-state index is 0.0763. The van der Waals surface area contributed by atoms with Crippen molar-refractivity contribution in [2.75, 3.05) is 26.3 Å². The monoisotopic (exact) mass is 401 g/mol. The first-order chi connectivity index (χ1) is 14.0. The number of halogens is 1. The topological polar surface area (TPSA) is 80.6 Å². The second kappa shape index (κ2) is 9.97. The smallest absolute Gasteiger partial charge is 0.250 e. The molecule has 1 aromatic carbocycles. The van der Waals surface area contributed by atoms with Crippen LogP contribution in [-0.4, -0.2) is 47.6 Å². The second-order valence-corrected chi connectivity index (χ2v) is 6.90. The number of amides is 2. The minimum atomic E-state index is -0.535. The van der Waals surface area contributed by atoms with Crippen LogP contribution in [0.2, 0.25) is 0 Å². The maximum absolute atomic E-state index is 13.7. The van der Waals surface area contributed by atoms with Crippen LogP contribution in [0.25, 0.3) is 0 Å². The van der Waals surface area contributed by atoms with Crippen LogP contribution >= 0.6 is 0 Å². The summed E-state index contributed by atoms with van der Waals surface area (Å²) in [5.41, 5.74) is 0.238. The zero-order valence-electron chi connectivity index (χ0n) is 16.1. The van der Waals surface area contributed by atoms with Gasteiger partial charge in [0.25, 0.3) is 5.56 Å². The molecule has 1 aromatic heterocycles. The lowest BCUT2D eigenvalue weighted by Crippen LogP contribution is -2.42. The van der Waals surface area contributed by atoms with Crippen LogP contribution in [0.1, 0.15) is 12.0 Å². The molecule has 0 saturated carbocycles. The van der Waals surface area contributed by atoms with Crippen molar-refractivity contribution in [1.29, 1.82) is 0 Å². The van der Waals surface area contributed by atoms with Gasteiger partial charge in [-0.15, -0.1) is 0 Å². The number of nitrogens with zero attached hydrogens (tertiary/aromatic N) is 2. The van der Waals surface area contributed by atoms with E-state index in [-0.39, 0.29) is 55.9 Å². The van der Waals surface area contributed by atoms with E-state index in [0.29, 0.717) is 18.7 Å². The Balaban J connectivity index is 1.55. The average molecular weight is 401 g/mol. The SMILES string of the molecule is O=C(NCc1ccccc1F)C1COCCN(C(=O)CCn2ccccc2=O)C1. The Hall–Kier alpha value is -3.00. The number of ether oxygens (including phenoxy) is 1. The van der Waals surface area contributed by atoms with Gasteiger partial charge in [0.15, 0.2) is 0 Å². The summed E-state index contributed by atoms with van der Waals surface area (Å²) >= 11 is 0. The van der Waals surface area contributed by atoms with E-state index in [1.165, 1.54) is 16.7 Å². The number of hydrogen-bond donors (Lipinski definition) is 1. The van der Waals surface area contributed by atoms with E-state index in [0.717, 1.165) is 0 Å². The van der Waals surface area contributed by atoms with Crippen molar-refractivity contribution in [2.45, 2.75) is 19.5 Å². The predicted octanol–water partition coefficient (Wildman–Crippen LogP) is 1.17. The first kappa shape index (κ1) is 20.7. The standard InChI is InChI=1S/C21H24FN3O4/c22-18-6-2-1-5-16(18)13-23-21(28)17-14-25(11-12-29-15-17)20(27)8-10-24-9-4-3-7-19(24)26/h1-7,9,17H,8,10-15H2,(H,23,28). The van der Waals surface area contributed by atoms with Gasteiger partial charge in [-0.05, 0) is 12.1 Å². The van der Waals surface area contributed by atoms with Crippen molar-refractivity contribution < 1.29 is 18.7 Å². The summed E-state index contributed by atoms with van der Waals surface area (Å²) in [6.07, 6.45) is 1.80. The van der Waals surface area contributed by atoms with Gasteiger partial charge in [0, 0.05) is 50.4 Å². The fourth-order valence-corrected chi connectivity index (χ4v) is 3.18. The van der Waals surface area contributed by atoms with Gasteiger partial charge >= 0.3 is 0 Å². The molecular formula is C21H24FN3O4. The summed E-state index contributed by atoms with van der Waals surface area (Å²) in [6, 6.07) is 11.1. The number of nitrogens with one attached hydrogen (secondary N) is 1. The van der Waals surface area contributed by atoms with Crippen molar-refractivity contribution in [3.05, 3.63) is 70.4 Å². The van der Waals surface area contributed by atoms with Gasteiger partial charge in [-0.2, -0.15) is 0 Å². The van der Waals surface area contributed by atoms with Crippen molar-refractivity contribution >= 4 is 11.8 Å². The number of pyridine rings is 1. The summed E-state index contributed by atoms with van der Waals surface area (Å²) in [5, 5.41) is 2.72. The number of aromatic nitrogens is 1. The normalized spacial score (nSPS) is 16.9. The Kier molecular flexibility index (Phi) is 7.13. The average Bonchev–Trinajstić information content (AvgIpc) is 2.99. The molecule has 2 heterocycles. The second-order valence-electron chi connectivity index (χ2n) is 6.90. The molecule has 1 aliphatic rings. The largest absolute Gasteiger partial charge is 0.379 e. The molecule has 8 heteroatoms. The van der Waals surface area contributed by atoms with Crippen LogP contribution in [0.5, 0.6) is 0 Å². The first-order valence-electron chi connectivity index (χ1n) is 9.56. The zero-order chi connectivity index (χ0) is 20.6. The van der Waals surface area contributed by atoms with Gasteiger partial charge in [-0.25, -0.2) is 4.39 Å². The predicted molar refractivity (Wildman–Crippen MR) is 104 cm³/mol. The molecule has 2 amide bonds. The van der Waals surface area contributed by atoms with E-state index in [1.807, 2.05) is 0 Å². The fourth-order valence-electron chi connectivity index (χ4n) is 3.18. The van der Waals surface area contributed by atoms with Crippen LogP contribution in [0.4, 0.5) is 4.39 Å². The maximum atomic E-state index is 13.7. The number of benzene rings is 1. The molecule has 1 unspecified atom stereocenters. The Morgan fingerprint density at radius 3 is 2.76 bits per heavy atom. The molecule has 154 valence electrons. The molecule has 1 saturated heterocycles. The van der Waals surface area contributed by atoms with Crippen LogP contribution in [-0.2, 0) is 27.4 Å². The molecule has 29 heavy (non-hydrogen) atoms. The summed E-state index contributed by atoms with van der Waals surface area (Å²) in [4.78, 5) is 38.5. The Labute approximate surface area is 168 Å². The van der Waals surface area contributed by atoms with E-state index in [4.69, 9.17) is 4.74 Å². The van der Waals surface area contributed by atoms with Gasteiger partial charge in [0.1, 0.15) is 5.82 Å². The summed E-state index contributed by atoms with van der Waals surface area (Å²) in [6.45, 7) is 1.51. The molecule has 0 spiro atoms. The van der Waals surface area contributed by atoms with Gasteiger partial charge in [0.2, 0.25) is 11.8 Å². The van der Waals surface area contributed by atoms with Crippen LogP contribution < -0.4 is 10.9 Å². The van der Waals surface area contributed by atoms with Crippen molar-refractivity contribution in [2.24, 2.45) is 5.92 Å². The number of hydrogen-bond acceptors (Lipinski definition) is 4. The number of rotatable bonds is 6. The molecule has 1 fully saturated rings. The molecule has 1 atom stereocenters. The van der Waals surface area contributed by atoms with Crippen molar-refractivity contribution in [3.63, 3.8) is 0 Å². The van der Waals surface area contributed by atoms with Gasteiger partial charge in [0.05, 0.1) is 19.1 Å². The van der Waals surface area contributed by atoms with Crippen molar-refractivity contribution in [3.8, 4) is 0 Å². The van der Waals surface area contributed by atoms with Gasteiger partial charge in [-0.1, -0.05) is 24.3 Å². The highest BCUT2D eigenvalue weighted by molar-refractivity contribution is 5.81. The Bertz CT molecular complexity index is 915. The highest BCUT2D eigenvalue weighted by atomic mass is 19.1. The maximum Gasteiger partial charge on any atom is 0.250 e. The van der Waals surface area contributed by atoms with E-state index < -0.39 is 5.92 Å². The van der Waals surface area contributed by atoms with E-state index in [2.05, 4.69) is 5.32 Å². The fraction of sp³-hybridized carbons (Fsp3) is 0.381. The summed E-state index contributed by atoms with van der Waals surface area (Å²) in [5.74, 6) is -1.34. The Morgan fingerprint density at radius 2 is 1.97 bits per heavy atom.